The minimum atomic E-state index is 0.0755. The molecule has 5 nitrogen and oxygen atoms in total. The first-order valence-corrected chi connectivity index (χ1v) is 9.19. The average molecular weight is 361 g/mol. The average Bonchev–Trinajstić information content (AvgIpc) is 3.06. The first-order chi connectivity index (χ1) is 12.0. The number of nitrogens with one attached hydrogen (secondary N) is 1. The van der Waals surface area contributed by atoms with Crippen molar-refractivity contribution in [1.29, 1.82) is 0 Å². The van der Waals surface area contributed by atoms with Crippen LogP contribution < -0.4 is 5.32 Å². The van der Waals surface area contributed by atoms with Gasteiger partial charge in [-0.15, -0.1) is 0 Å². The standard InChI is InChI=1S/C19H25ClN4O/c1-13(2)18-17(19(25)23-9-7-15(21-3)8-10-23)12-22-24(18)16-6-4-5-14(20)11-16/h4-6,11-13,15,21H,7-10H2,1-3H3. The molecule has 134 valence electrons. The molecule has 25 heavy (non-hydrogen) atoms. The molecular weight excluding hydrogens is 336 g/mol. The summed E-state index contributed by atoms with van der Waals surface area (Å²) in [5, 5.41) is 8.45. The van der Waals surface area contributed by atoms with Gasteiger partial charge in [0.15, 0.2) is 0 Å². The van der Waals surface area contributed by atoms with Crippen LogP contribution in [0.25, 0.3) is 5.69 Å². The number of carbonyl (C=O) groups is 1. The SMILES string of the molecule is CNC1CCN(C(=O)c2cnn(-c3cccc(Cl)c3)c2C(C)C)CC1. The molecule has 0 atom stereocenters. The highest BCUT2D eigenvalue weighted by molar-refractivity contribution is 6.30. The molecule has 0 saturated carbocycles. The molecule has 1 fully saturated rings. The normalized spacial score (nSPS) is 15.8. The highest BCUT2D eigenvalue weighted by Gasteiger charge is 2.27. The molecule has 0 unspecified atom stereocenters. The molecule has 2 heterocycles. The molecule has 1 saturated heterocycles. The van der Waals surface area contributed by atoms with Crippen molar-refractivity contribution in [2.75, 3.05) is 20.1 Å². The summed E-state index contributed by atoms with van der Waals surface area (Å²) >= 11 is 6.12. The van der Waals surface area contributed by atoms with Crippen LogP contribution in [0.1, 0.15) is 48.7 Å². The predicted molar refractivity (Wildman–Crippen MR) is 101 cm³/mol. The van der Waals surface area contributed by atoms with Crippen LogP contribution in [-0.4, -0.2) is 46.8 Å². The molecular formula is C19H25ClN4O. The van der Waals surface area contributed by atoms with E-state index in [0.29, 0.717) is 16.6 Å². The number of hydrogen-bond donors (Lipinski definition) is 1. The van der Waals surface area contributed by atoms with E-state index < -0.39 is 0 Å². The van der Waals surface area contributed by atoms with Crippen LogP contribution in [0, 0.1) is 0 Å². The topological polar surface area (TPSA) is 50.2 Å². The highest BCUT2D eigenvalue weighted by Crippen LogP contribution is 2.26. The molecule has 1 aromatic carbocycles. The third-order valence-electron chi connectivity index (χ3n) is 4.83. The van der Waals surface area contributed by atoms with Crippen LogP contribution >= 0.6 is 11.6 Å². The van der Waals surface area contributed by atoms with Gasteiger partial charge in [-0.1, -0.05) is 31.5 Å². The van der Waals surface area contributed by atoms with Crippen LogP contribution in [0.5, 0.6) is 0 Å². The highest BCUT2D eigenvalue weighted by atomic mass is 35.5. The Kier molecular flexibility index (Phi) is 5.45. The van der Waals surface area contributed by atoms with Gasteiger partial charge in [0.05, 0.1) is 23.1 Å². The van der Waals surface area contributed by atoms with Crippen molar-refractivity contribution in [1.82, 2.24) is 20.0 Å². The second kappa shape index (κ2) is 7.58. The minimum absolute atomic E-state index is 0.0755. The number of benzene rings is 1. The Balaban J connectivity index is 1.91. The second-order valence-electron chi connectivity index (χ2n) is 6.85. The number of piperidine rings is 1. The lowest BCUT2D eigenvalue weighted by molar-refractivity contribution is 0.0705. The Morgan fingerprint density at radius 1 is 1.32 bits per heavy atom. The van der Waals surface area contributed by atoms with Gasteiger partial charge in [0.1, 0.15) is 0 Å². The van der Waals surface area contributed by atoms with Crippen molar-refractivity contribution in [3.8, 4) is 5.69 Å². The van der Waals surface area contributed by atoms with E-state index in [2.05, 4.69) is 24.3 Å². The van der Waals surface area contributed by atoms with E-state index in [0.717, 1.165) is 37.3 Å². The van der Waals surface area contributed by atoms with Crippen LogP contribution in [0.15, 0.2) is 30.5 Å². The van der Waals surface area contributed by atoms with Crippen molar-refractivity contribution < 1.29 is 4.79 Å². The predicted octanol–water partition coefficient (Wildman–Crippen LogP) is 3.47. The fraction of sp³-hybridized carbons (Fsp3) is 0.474. The third-order valence-corrected chi connectivity index (χ3v) is 5.06. The number of rotatable bonds is 4. The molecule has 1 aliphatic rings. The molecule has 1 aromatic heterocycles. The number of aromatic nitrogens is 2. The fourth-order valence-electron chi connectivity index (χ4n) is 3.43. The zero-order chi connectivity index (χ0) is 18.0. The van der Waals surface area contributed by atoms with E-state index in [1.54, 1.807) is 6.20 Å². The fourth-order valence-corrected chi connectivity index (χ4v) is 3.62. The minimum Gasteiger partial charge on any atom is -0.338 e. The van der Waals surface area contributed by atoms with E-state index in [-0.39, 0.29) is 11.8 Å². The van der Waals surface area contributed by atoms with Gasteiger partial charge in [-0.3, -0.25) is 4.79 Å². The maximum Gasteiger partial charge on any atom is 0.257 e. The Bertz CT molecular complexity index is 748. The third kappa shape index (κ3) is 3.72. The zero-order valence-electron chi connectivity index (χ0n) is 15.0. The molecule has 0 bridgehead atoms. The van der Waals surface area contributed by atoms with E-state index in [4.69, 9.17) is 11.6 Å². The van der Waals surface area contributed by atoms with Gasteiger partial charge in [0.25, 0.3) is 5.91 Å². The molecule has 3 rings (SSSR count). The largest absolute Gasteiger partial charge is 0.338 e. The van der Waals surface area contributed by atoms with Gasteiger partial charge in [-0.2, -0.15) is 5.10 Å². The summed E-state index contributed by atoms with van der Waals surface area (Å²) in [5.74, 6) is 0.252. The monoisotopic (exact) mass is 360 g/mol. The Morgan fingerprint density at radius 2 is 2.04 bits per heavy atom. The van der Waals surface area contributed by atoms with E-state index in [1.165, 1.54) is 0 Å². The summed E-state index contributed by atoms with van der Waals surface area (Å²) in [4.78, 5) is 15.0. The summed E-state index contributed by atoms with van der Waals surface area (Å²) in [7, 11) is 1.98. The van der Waals surface area contributed by atoms with Gasteiger partial charge < -0.3 is 10.2 Å². The molecule has 6 heteroatoms. The van der Waals surface area contributed by atoms with Crippen molar-refractivity contribution >= 4 is 17.5 Å². The summed E-state index contributed by atoms with van der Waals surface area (Å²) in [6.45, 7) is 5.73. The van der Waals surface area contributed by atoms with E-state index >= 15 is 0 Å². The molecule has 0 spiro atoms. The number of amides is 1. The van der Waals surface area contributed by atoms with Crippen molar-refractivity contribution in [3.05, 3.63) is 46.7 Å². The van der Waals surface area contributed by atoms with Crippen molar-refractivity contribution in [3.63, 3.8) is 0 Å². The molecule has 1 amide bonds. The number of likely N-dealkylation sites (tertiary alicyclic amines) is 1. The smallest absolute Gasteiger partial charge is 0.257 e. The lowest BCUT2D eigenvalue weighted by Gasteiger charge is -2.32. The van der Waals surface area contributed by atoms with Crippen molar-refractivity contribution in [2.24, 2.45) is 0 Å². The van der Waals surface area contributed by atoms with Crippen LogP contribution in [0.3, 0.4) is 0 Å². The van der Waals surface area contributed by atoms with E-state index in [1.807, 2.05) is 40.9 Å². The lowest BCUT2D eigenvalue weighted by Crippen LogP contribution is -2.44. The number of halogens is 1. The van der Waals surface area contributed by atoms with Gasteiger partial charge in [-0.25, -0.2) is 4.68 Å². The first-order valence-electron chi connectivity index (χ1n) is 8.81. The summed E-state index contributed by atoms with van der Waals surface area (Å²) in [5.41, 5.74) is 2.50. The zero-order valence-corrected chi connectivity index (χ0v) is 15.8. The maximum absolute atomic E-state index is 13.1. The number of carbonyl (C=O) groups excluding carboxylic acids is 1. The van der Waals surface area contributed by atoms with Crippen LogP contribution in [-0.2, 0) is 0 Å². The molecule has 2 aromatic rings. The number of hydrogen-bond acceptors (Lipinski definition) is 3. The summed E-state index contributed by atoms with van der Waals surface area (Å²) < 4.78 is 1.84. The van der Waals surface area contributed by atoms with Crippen LogP contribution in [0.2, 0.25) is 5.02 Å². The first kappa shape index (κ1) is 18.0. The summed E-state index contributed by atoms with van der Waals surface area (Å²) in [6, 6.07) is 8.06. The Hall–Kier alpha value is -1.85. The molecule has 1 aliphatic heterocycles. The summed E-state index contributed by atoms with van der Waals surface area (Å²) in [6.07, 6.45) is 3.67. The Morgan fingerprint density at radius 3 is 2.64 bits per heavy atom. The molecule has 0 aliphatic carbocycles. The van der Waals surface area contributed by atoms with Gasteiger partial charge in [0.2, 0.25) is 0 Å². The quantitative estimate of drug-likeness (QED) is 0.908. The Labute approximate surface area is 154 Å². The van der Waals surface area contributed by atoms with Gasteiger partial charge >= 0.3 is 0 Å². The second-order valence-corrected chi connectivity index (χ2v) is 7.28. The van der Waals surface area contributed by atoms with E-state index in [9.17, 15) is 4.79 Å². The van der Waals surface area contributed by atoms with Gasteiger partial charge in [0, 0.05) is 24.2 Å². The molecule has 0 radical (unpaired) electrons. The molecule has 1 N–H and O–H groups in total. The lowest BCUT2D eigenvalue weighted by atomic mass is 10.0. The number of nitrogens with zero attached hydrogens (tertiary/aromatic N) is 3. The maximum atomic E-state index is 13.1. The van der Waals surface area contributed by atoms with Crippen molar-refractivity contribution in [2.45, 2.75) is 38.6 Å². The van der Waals surface area contributed by atoms with Gasteiger partial charge in [-0.05, 0) is 44.0 Å². The van der Waals surface area contributed by atoms with Crippen LogP contribution in [0.4, 0.5) is 0 Å².